The van der Waals surface area contributed by atoms with E-state index in [-0.39, 0.29) is 24.6 Å². The van der Waals surface area contributed by atoms with Crippen LogP contribution < -0.4 is 16.4 Å². The molecule has 2 amide bonds. The van der Waals surface area contributed by atoms with Crippen molar-refractivity contribution in [2.24, 2.45) is 11.7 Å². The van der Waals surface area contributed by atoms with Crippen LogP contribution in [0.2, 0.25) is 0 Å². The smallest absolute Gasteiger partial charge is 0.316 e. The molecule has 0 aliphatic heterocycles. The Bertz CT molecular complexity index is 406. The van der Waals surface area contributed by atoms with Crippen molar-refractivity contribution in [2.75, 3.05) is 11.9 Å². The summed E-state index contributed by atoms with van der Waals surface area (Å²) >= 11 is 0. The highest BCUT2D eigenvalue weighted by atomic mass is 16.3. The molecule has 5 heteroatoms. The number of carbonyl (C=O) groups is 1. The number of aliphatic hydroxyl groups is 1. The molecule has 19 heavy (non-hydrogen) atoms. The summed E-state index contributed by atoms with van der Waals surface area (Å²) in [4.78, 5) is 10.7. The lowest BCUT2D eigenvalue weighted by atomic mass is 10.0. The van der Waals surface area contributed by atoms with Crippen LogP contribution in [0.5, 0.6) is 0 Å². The number of hydrogen-bond acceptors (Lipinski definition) is 3. The van der Waals surface area contributed by atoms with Crippen molar-refractivity contribution < 1.29 is 9.90 Å². The van der Waals surface area contributed by atoms with Crippen LogP contribution in [0.1, 0.15) is 32.4 Å². The van der Waals surface area contributed by atoms with Gasteiger partial charge in [0, 0.05) is 24.4 Å². The second kappa shape index (κ2) is 7.11. The first-order chi connectivity index (χ1) is 8.93. The zero-order chi connectivity index (χ0) is 14.4. The maximum atomic E-state index is 10.7. The Balaban J connectivity index is 2.62. The molecule has 0 heterocycles. The van der Waals surface area contributed by atoms with E-state index in [1.807, 2.05) is 31.2 Å². The molecule has 106 valence electrons. The number of hydrogen-bond donors (Lipinski definition) is 4. The minimum atomic E-state index is -0.565. The molecule has 0 bridgehead atoms. The van der Waals surface area contributed by atoms with Crippen LogP contribution in [0, 0.1) is 5.92 Å². The molecule has 0 radical (unpaired) electrons. The maximum Gasteiger partial charge on any atom is 0.316 e. The van der Waals surface area contributed by atoms with Crippen LogP contribution in [0.3, 0.4) is 0 Å². The molecular formula is C14H23N3O2. The Kier molecular flexibility index (Phi) is 5.79. The van der Waals surface area contributed by atoms with E-state index in [0.29, 0.717) is 5.69 Å². The van der Waals surface area contributed by atoms with Crippen LogP contribution in [0.4, 0.5) is 10.5 Å². The van der Waals surface area contributed by atoms with Gasteiger partial charge >= 0.3 is 6.03 Å². The van der Waals surface area contributed by atoms with E-state index in [1.165, 1.54) is 0 Å². The van der Waals surface area contributed by atoms with Crippen LogP contribution in [-0.2, 0) is 0 Å². The van der Waals surface area contributed by atoms with Crippen molar-refractivity contribution in [1.29, 1.82) is 0 Å². The highest BCUT2D eigenvalue weighted by Crippen LogP contribution is 2.17. The van der Waals surface area contributed by atoms with Crippen molar-refractivity contribution in [3.63, 3.8) is 0 Å². The van der Waals surface area contributed by atoms with E-state index in [0.717, 1.165) is 5.56 Å². The number of anilines is 1. The van der Waals surface area contributed by atoms with Gasteiger partial charge in [-0.15, -0.1) is 0 Å². The fourth-order valence-electron chi connectivity index (χ4n) is 1.81. The molecule has 0 aliphatic carbocycles. The summed E-state index contributed by atoms with van der Waals surface area (Å²) in [6.07, 6.45) is 0. The van der Waals surface area contributed by atoms with E-state index < -0.39 is 6.03 Å². The van der Waals surface area contributed by atoms with Gasteiger partial charge in [0.05, 0.1) is 0 Å². The summed E-state index contributed by atoms with van der Waals surface area (Å²) in [5.41, 5.74) is 6.85. The molecule has 5 nitrogen and oxygen atoms in total. The molecule has 3 atom stereocenters. The van der Waals surface area contributed by atoms with Crippen molar-refractivity contribution in [3.05, 3.63) is 29.8 Å². The van der Waals surface area contributed by atoms with Gasteiger partial charge in [0.2, 0.25) is 0 Å². The minimum Gasteiger partial charge on any atom is -0.396 e. The van der Waals surface area contributed by atoms with Crippen LogP contribution >= 0.6 is 0 Å². The number of primary amides is 1. The Morgan fingerprint density at radius 2 is 1.84 bits per heavy atom. The average molecular weight is 265 g/mol. The fraction of sp³-hybridized carbons (Fsp3) is 0.500. The number of carbonyl (C=O) groups excluding carboxylic acids is 1. The summed E-state index contributed by atoms with van der Waals surface area (Å²) < 4.78 is 0. The molecule has 1 aromatic carbocycles. The molecule has 1 aromatic rings. The number of amides is 2. The van der Waals surface area contributed by atoms with Gasteiger partial charge < -0.3 is 21.5 Å². The zero-order valence-corrected chi connectivity index (χ0v) is 11.7. The maximum absolute atomic E-state index is 10.7. The van der Waals surface area contributed by atoms with Gasteiger partial charge in [0.1, 0.15) is 0 Å². The third-order valence-corrected chi connectivity index (χ3v) is 3.33. The van der Waals surface area contributed by atoms with E-state index in [2.05, 4.69) is 24.5 Å². The Hall–Kier alpha value is -1.59. The molecule has 0 saturated carbocycles. The SMILES string of the molecule is CC(NC(C)C(C)CO)c1ccc(NC(N)=O)cc1. The monoisotopic (exact) mass is 265 g/mol. The molecule has 0 saturated heterocycles. The Morgan fingerprint density at radius 3 is 2.32 bits per heavy atom. The predicted molar refractivity (Wildman–Crippen MR) is 76.9 cm³/mol. The standard InChI is InChI=1S/C14H23N3O2/c1-9(8-18)10(2)16-11(3)12-4-6-13(7-5-12)17-14(15)19/h4-7,9-11,16,18H,8H2,1-3H3,(H3,15,17,19). The molecule has 0 aromatic heterocycles. The first-order valence-electron chi connectivity index (χ1n) is 6.47. The van der Waals surface area contributed by atoms with Gasteiger partial charge in [-0.1, -0.05) is 19.1 Å². The van der Waals surface area contributed by atoms with Crippen molar-refractivity contribution in [3.8, 4) is 0 Å². The van der Waals surface area contributed by atoms with Crippen LogP contribution in [0.15, 0.2) is 24.3 Å². The van der Waals surface area contributed by atoms with Gasteiger partial charge in [-0.05, 0) is 37.5 Å². The topological polar surface area (TPSA) is 87.4 Å². The van der Waals surface area contributed by atoms with Crippen molar-refractivity contribution in [2.45, 2.75) is 32.9 Å². The molecule has 1 rings (SSSR count). The first-order valence-corrected chi connectivity index (χ1v) is 6.47. The van der Waals surface area contributed by atoms with E-state index in [9.17, 15) is 4.79 Å². The average Bonchev–Trinajstić information content (AvgIpc) is 2.37. The summed E-state index contributed by atoms with van der Waals surface area (Å²) in [6.45, 7) is 6.30. The third-order valence-electron chi connectivity index (χ3n) is 3.33. The lowest BCUT2D eigenvalue weighted by Gasteiger charge is -2.24. The fourth-order valence-corrected chi connectivity index (χ4v) is 1.81. The molecular weight excluding hydrogens is 242 g/mol. The number of nitrogens with two attached hydrogens (primary N) is 1. The third kappa shape index (κ3) is 4.89. The second-order valence-electron chi connectivity index (χ2n) is 4.95. The minimum absolute atomic E-state index is 0.169. The number of benzene rings is 1. The van der Waals surface area contributed by atoms with Gasteiger partial charge in [-0.2, -0.15) is 0 Å². The van der Waals surface area contributed by atoms with Gasteiger partial charge in [0.25, 0.3) is 0 Å². The highest BCUT2D eigenvalue weighted by Gasteiger charge is 2.14. The lowest BCUT2D eigenvalue weighted by molar-refractivity contribution is 0.202. The predicted octanol–water partition coefficient (Wildman–Crippen LogP) is 1.84. The number of aliphatic hydroxyl groups excluding tert-OH is 1. The zero-order valence-electron chi connectivity index (χ0n) is 11.7. The van der Waals surface area contributed by atoms with E-state index >= 15 is 0 Å². The summed E-state index contributed by atoms with van der Waals surface area (Å²) in [7, 11) is 0. The highest BCUT2D eigenvalue weighted by molar-refractivity contribution is 5.87. The van der Waals surface area contributed by atoms with Crippen molar-refractivity contribution >= 4 is 11.7 Å². The number of rotatable bonds is 6. The molecule has 0 fully saturated rings. The lowest BCUT2D eigenvalue weighted by Crippen LogP contribution is -2.35. The van der Waals surface area contributed by atoms with Crippen LogP contribution in [-0.4, -0.2) is 23.8 Å². The van der Waals surface area contributed by atoms with E-state index in [1.54, 1.807) is 0 Å². The quantitative estimate of drug-likeness (QED) is 0.633. The van der Waals surface area contributed by atoms with Gasteiger partial charge in [-0.25, -0.2) is 4.79 Å². The summed E-state index contributed by atoms with van der Waals surface area (Å²) in [5, 5.41) is 15.1. The van der Waals surface area contributed by atoms with Gasteiger partial charge in [0.15, 0.2) is 0 Å². The van der Waals surface area contributed by atoms with Crippen molar-refractivity contribution in [1.82, 2.24) is 5.32 Å². The Morgan fingerprint density at radius 1 is 1.26 bits per heavy atom. The van der Waals surface area contributed by atoms with Gasteiger partial charge in [-0.3, -0.25) is 0 Å². The molecule has 5 N–H and O–H groups in total. The molecule has 0 spiro atoms. The van der Waals surface area contributed by atoms with E-state index in [4.69, 9.17) is 10.8 Å². The normalized spacial score (nSPS) is 15.6. The largest absolute Gasteiger partial charge is 0.396 e. The first kappa shape index (κ1) is 15.5. The second-order valence-corrected chi connectivity index (χ2v) is 4.95. The molecule has 0 aliphatic rings. The summed E-state index contributed by atoms with van der Waals surface area (Å²) in [5.74, 6) is 0.207. The van der Waals surface area contributed by atoms with Crippen LogP contribution in [0.25, 0.3) is 0 Å². The summed E-state index contributed by atoms with van der Waals surface area (Å²) in [6, 6.07) is 7.36. The number of urea groups is 1. The number of nitrogens with one attached hydrogen (secondary N) is 2. The molecule has 3 unspecified atom stereocenters. The Labute approximate surface area is 114 Å².